The van der Waals surface area contributed by atoms with E-state index in [0.29, 0.717) is 123 Å². The summed E-state index contributed by atoms with van der Waals surface area (Å²) in [6.45, 7) is 27.2. The monoisotopic (exact) mass is 1920 g/mol. The summed E-state index contributed by atoms with van der Waals surface area (Å²) in [6, 6.07) is 75.0. The molecule has 11 aromatic heterocycles. The third-order valence-electron chi connectivity index (χ3n) is 23.0. The van der Waals surface area contributed by atoms with Crippen LogP contribution in [0.4, 0.5) is 32.8 Å². The van der Waals surface area contributed by atoms with Gasteiger partial charge in [-0.2, -0.15) is 47.5 Å². The Morgan fingerprint density at radius 3 is 1.15 bits per heavy atom. The van der Waals surface area contributed by atoms with Crippen molar-refractivity contribution in [3.8, 4) is 62.0 Å². The molecule has 0 saturated heterocycles. The number of nitrogens with zero attached hydrogens (tertiary/aromatic N) is 15. The number of hydrogen-bond acceptors (Lipinski definition) is 22. The SMILES string of the molecule is CCc1ccccc1NCc1cc(=O)n2[nH]c(-c3ccc(OC)cc3)nc2n1.Cc1c(Cl)cccc1NCc1cc(=O)n2[nH]c(-c3ccc(C(C)(C)C)cc3)nc2n1.Cc1ccc(-c2nc3nc(CNc4ccccc4F)cc(=O)n3[nH]2)cc1C.Cc1ccc(NCc2cc(=O)n3[nH]c(-c4ccc(C(C)(C)C)cc4)nc3n2)c(C)c1.O=c1cc(CNc2ccccc2Cl)nc2nc(-c3cccs3)[nH]n12. The van der Waals surface area contributed by atoms with Crippen molar-refractivity contribution in [2.45, 2.75) is 133 Å². The lowest BCUT2D eigenvalue weighted by atomic mass is 9.87. The summed E-state index contributed by atoms with van der Waals surface area (Å²) < 4.78 is 25.6. The number of ether oxygens (including phenoxy) is 1. The van der Waals surface area contributed by atoms with Gasteiger partial charge in [0.2, 0.25) is 0 Å². The third kappa shape index (κ3) is 23.1. The lowest BCUT2D eigenvalue weighted by molar-refractivity contribution is 0.415. The summed E-state index contributed by atoms with van der Waals surface area (Å²) in [6.07, 6.45) is 0.933. The van der Waals surface area contributed by atoms with Crippen LogP contribution in [0, 0.1) is 40.4 Å². The van der Waals surface area contributed by atoms with E-state index in [1.54, 1.807) is 42.7 Å². The Morgan fingerprint density at radius 1 is 0.353 bits per heavy atom. The summed E-state index contributed by atoms with van der Waals surface area (Å²) in [5, 5.41) is 34.5. The highest BCUT2D eigenvalue weighted by atomic mass is 35.5. The molecule has 0 aliphatic carbocycles. The molecule has 9 aromatic carbocycles. The first-order valence-electron chi connectivity index (χ1n) is 44.8. The zero-order valence-electron chi connectivity index (χ0n) is 78.6. The molecular weight excluding hydrogens is 1820 g/mol. The maximum atomic E-state index is 13.7. The molecule has 35 heteroatoms. The predicted octanol–water partition coefficient (Wildman–Crippen LogP) is 19.7. The number of halogens is 3. The number of H-pyrrole nitrogens is 5. The average Bonchev–Trinajstić information content (AvgIpc) is 1.67. The molecule has 0 atom stereocenters. The minimum Gasteiger partial charge on any atom is -0.497 e. The van der Waals surface area contributed by atoms with Crippen molar-refractivity contribution in [2.75, 3.05) is 33.7 Å². The Bertz CT molecular complexity index is 8150. The number of aromatic amines is 5. The van der Waals surface area contributed by atoms with Crippen LogP contribution in [-0.4, -0.2) is 105 Å². The second-order valence-corrected chi connectivity index (χ2v) is 36.9. The number of aromatic nitrogens is 20. The Kier molecular flexibility index (Phi) is 28.9. The first-order valence-corrected chi connectivity index (χ1v) is 46.5. The zero-order valence-corrected chi connectivity index (χ0v) is 80.9. The highest BCUT2D eigenvalue weighted by Gasteiger charge is 2.21. The molecule has 10 N–H and O–H groups in total. The van der Waals surface area contributed by atoms with Gasteiger partial charge in [-0.15, -0.1) is 11.3 Å². The van der Waals surface area contributed by atoms with Crippen molar-refractivity contribution < 1.29 is 9.13 Å². The van der Waals surface area contributed by atoms with E-state index in [1.807, 2.05) is 166 Å². The Hall–Kier alpha value is -16.3. The highest BCUT2D eigenvalue weighted by molar-refractivity contribution is 7.13. The maximum absolute atomic E-state index is 13.7. The van der Waals surface area contributed by atoms with Gasteiger partial charge in [-0.1, -0.05) is 205 Å². The van der Waals surface area contributed by atoms with E-state index in [9.17, 15) is 28.4 Å². The van der Waals surface area contributed by atoms with Crippen LogP contribution in [0.2, 0.25) is 10.0 Å². The van der Waals surface area contributed by atoms with Gasteiger partial charge in [0.15, 0.2) is 29.1 Å². The summed E-state index contributed by atoms with van der Waals surface area (Å²) in [5.41, 5.74) is 19.2. The van der Waals surface area contributed by atoms with Gasteiger partial charge in [-0.25, -0.2) is 29.3 Å². The van der Waals surface area contributed by atoms with Crippen LogP contribution < -0.4 is 59.1 Å². The molecule has 0 fully saturated rings. The average molecular weight is 1920 g/mol. The molecule has 0 saturated carbocycles. The molecule has 11 heterocycles. The van der Waals surface area contributed by atoms with Crippen LogP contribution in [0.3, 0.4) is 0 Å². The summed E-state index contributed by atoms with van der Waals surface area (Å²) in [5.74, 6) is 5.11. The summed E-state index contributed by atoms with van der Waals surface area (Å²) in [7, 11) is 1.62. The van der Waals surface area contributed by atoms with Crippen LogP contribution in [0.25, 0.3) is 85.1 Å². The second kappa shape index (κ2) is 41.9. The normalized spacial score (nSPS) is 11.3. The van der Waals surface area contributed by atoms with E-state index < -0.39 is 0 Å². The van der Waals surface area contributed by atoms with Crippen molar-refractivity contribution >= 4 is 91.9 Å². The number of aryl methyl sites for hydroxylation is 5. The van der Waals surface area contributed by atoms with E-state index in [2.05, 4.69) is 207 Å². The third-order valence-corrected chi connectivity index (χ3v) is 24.6. The maximum Gasteiger partial charge on any atom is 0.274 e. The van der Waals surface area contributed by atoms with Gasteiger partial charge in [0, 0.05) is 74.7 Å². The number of rotatable bonds is 22. The number of methoxy groups -OCH3 is 1. The topological polar surface area (TPSA) is 385 Å². The van der Waals surface area contributed by atoms with Gasteiger partial charge in [0.1, 0.15) is 11.6 Å². The molecule has 0 bridgehead atoms. The number of benzene rings is 9. The van der Waals surface area contributed by atoms with Gasteiger partial charge in [0.25, 0.3) is 56.7 Å². The highest BCUT2D eigenvalue weighted by Crippen LogP contribution is 2.31. The largest absolute Gasteiger partial charge is 0.497 e. The van der Waals surface area contributed by atoms with Gasteiger partial charge in [0.05, 0.1) is 89.6 Å². The standard InChI is InChI=1S/C24H27N5O.C23H24ClN5O.C21H21N5O2.C20H18FN5O.C16H12ClN5OS/c1-15-6-11-20(16(2)12-15)25-14-19-13-21(30)29-23(26-19)27-22(28-29)17-7-9-18(10-8-17)24(3,4)5;1-14-18(24)6-5-7-19(14)25-13-17-12-20(30)29-22(26-17)27-21(28-29)15-8-10-16(11-9-15)23(2,3)4;1-3-14-6-4-5-7-18(14)22-13-16-12-19(27)26-21(23-16)24-20(25-26)15-8-10-17(28-2)11-9-15;1-12-7-8-14(9-13(12)2)19-24-20-23-15(10-18(27)26(20)25-19)11-22-17-6-4-3-5-16(17)21;17-11-4-1-2-5-12(11)18-9-10-8-14(23)22-16(19-10)20-15(21-22)13-6-3-7-24-13/h6-13,25H,14H2,1-5H3,(H,26,27,28);5-12,25H,13H2,1-4H3,(H,26,27,28);4-12,22H,3,13H2,1-2H3,(H,23,24,25);3-10,22H,11H2,1-2H3,(H,23,24,25);1-8,18H,9H2,(H,19,20,21). The summed E-state index contributed by atoms with van der Waals surface area (Å²) in [4.78, 5) is 108. The molecule has 31 nitrogen and oxygen atoms in total. The molecule has 0 unspecified atom stereocenters. The smallest absolute Gasteiger partial charge is 0.274 e. The van der Waals surface area contributed by atoms with Gasteiger partial charge in [-0.05, 0) is 181 Å². The molecule has 0 spiro atoms. The molecular formula is C104H102Cl2FN25O6S. The van der Waals surface area contributed by atoms with Crippen LogP contribution in [0.5, 0.6) is 5.75 Å². The lowest BCUT2D eigenvalue weighted by Crippen LogP contribution is -2.17. The van der Waals surface area contributed by atoms with E-state index in [1.165, 1.54) is 86.8 Å². The molecule has 0 amide bonds. The van der Waals surface area contributed by atoms with E-state index in [-0.39, 0.29) is 56.8 Å². The van der Waals surface area contributed by atoms with Gasteiger partial charge < -0.3 is 31.3 Å². The molecule has 20 rings (SSSR count). The minimum atomic E-state index is -0.355. The van der Waals surface area contributed by atoms with Gasteiger partial charge >= 0.3 is 0 Å². The first kappa shape index (κ1) is 95.9. The first-order chi connectivity index (χ1) is 66.8. The second-order valence-electron chi connectivity index (χ2n) is 35.1. The number of anilines is 5. The number of thiophene rings is 1. The fourth-order valence-corrected chi connectivity index (χ4v) is 16.0. The molecule has 20 aromatic rings. The van der Waals surface area contributed by atoms with Crippen LogP contribution in [0.1, 0.15) is 121 Å². The Balaban J connectivity index is 0.000000126. The van der Waals surface area contributed by atoms with Crippen molar-refractivity contribution in [1.82, 2.24) is 97.9 Å². The number of para-hydroxylation sites is 3. The van der Waals surface area contributed by atoms with Crippen molar-refractivity contribution in [3.05, 3.63) is 389 Å². The fraction of sp³-hybridized carbons (Fsp3) is 0.202. The molecule has 139 heavy (non-hydrogen) atoms. The summed E-state index contributed by atoms with van der Waals surface area (Å²) >= 11 is 13.8. The predicted molar refractivity (Wildman–Crippen MR) is 549 cm³/mol. The number of hydrogen-bond donors (Lipinski definition) is 10. The van der Waals surface area contributed by atoms with Crippen LogP contribution >= 0.6 is 34.5 Å². The van der Waals surface area contributed by atoms with E-state index in [4.69, 9.17) is 27.9 Å². The van der Waals surface area contributed by atoms with Crippen LogP contribution in [0.15, 0.2) is 272 Å². The molecule has 0 radical (unpaired) electrons. The minimum absolute atomic E-state index is 0.0775. The zero-order chi connectivity index (χ0) is 97.9. The molecule has 0 aliphatic rings. The number of fused-ring (bicyclic) bond motifs is 5. The molecule has 0 aliphatic heterocycles. The quantitative estimate of drug-likeness (QED) is 0.0301. The van der Waals surface area contributed by atoms with Crippen molar-refractivity contribution in [3.63, 3.8) is 0 Å². The van der Waals surface area contributed by atoms with Gasteiger partial charge in [-0.3, -0.25) is 49.5 Å². The Labute approximate surface area is 811 Å². The lowest BCUT2D eigenvalue weighted by Gasteiger charge is -2.18. The Morgan fingerprint density at radius 2 is 0.727 bits per heavy atom. The van der Waals surface area contributed by atoms with Crippen LogP contribution in [-0.2, 0) is 50.0 Å². The number of nitrogens with one attached hydrogen (secondary N) is 10. The van der Waals surface area contributed by atoms with E-state index >= 15 is 0 Å². The molecule has 706 valence electrons. The van der Waals surface area contributed by atoms with Crippen molar-refractivity contribution in [2.24, 2.45) is 0 Å². The van der Waals surface area contributed by atoms with Crippen molar-refractivity contribution in [1.29, 1.82) is 0 Å². The fourth-order valence-electron chi connectivity index (χ4n) is 15.0. The van der Waals surface area contributed by atoms with E-state index in [0.717, 1.165) is 78.7 Å².